The maximum absolute atomic E-state index is 10.0. The van der Waals surface area contributed by atoms with E-state index in [1.165, 1.54) is 0 Å². The van der Waals surface area contributed by atoms with Crippen LogP contribution in [0.15, 0.2) is 35.7 Å². The zero-order valence-electron chi connectivity index (χ0n) is 17.7. The van der Waals surface area contributed by atoms with Crippen molar-refractivity contribution in [1.82, 2.24) is 4.98 Å². The molecule has 1 saturated heterocycles. The minimum absolute atomic E-state index is 0.522. The van der Waals surface area contributed by atoms with Gasteiger partial charge in [-0.2, -0.15) is 5.26 Å². The van der Waals surface area contributed by atoms with Crippen molar-refractivity contribution in [2.75, 3.05) is 52.5 Å². The summed E-state index contributed by atoms with van der Waals surface area (Å²) in [7, 11) is 4.75. The van der Waals surface area contributed by atoms with E-state index in [-0.39, 0.29) is 0 Å². The molecule has 0 unspecified atom stereocenters. The van der Waals surface area contributed by atoms with Crippen LogP contribution in [0.5, 0.6) is 17.2 Å². The molecule has 1 aromatic carbocycles. The molecule has 160 valence electrons. The minimum Gasteiger partial charge on any atom is -0.493 e. The number of hydrogen-bond donors (Lipinski definition) is 0. The topological polar surface area (TPSA) is 76.8 Å². The molecular weight excluding hydrogens is 414 g/mol. The molecular formula is C23H23N3O4S. The van der Waals surface area contributed by atoms with Gasteiger partial charge in [0.15, 0.2) is 11.5 Å². The van der Waals surface area contributed by atoms with E-state index in [2.05, 4.69) is 11.0 Å². The van der Waals surface area contributed by atoms with Crippen LogP contribution in [0.25, 0.3) is 21.7 Å². The Balaban J connectivity index is 1.95. The lowest BCUT2D eigenvalue weighted by Crippen LogP contribution is -2.37. The number of morpholine rings is 1. The number of nitriles is 1. The Kier molecular flexibility index (Phi) is 6.26. The molecule has 0 radical (unpaired) electrons. The van der Waals surface area contributed by atoms with E-state index in [1.807, 2.05) is 35.7 Å². The SMILES string of the molecule is COc1cc(-c2cc(-c3cccs3)c(C#N)c(N3CCOCC3)n2)cc(OC)c1OC. The van der Waals surface area contributed by atoms with Crippen molar-refractivity contribution < 1.29 is 18.9 Å². The molecule has 2 aromatic heterocycles. The van der Waals surface area contributed by atoms with Gasteiger partial charge in [-0.3, -0.25) is 0 Å². The first-order valence-corrected chi connectivity index (χ1v) is 10.7. The summed E-state index contributed by atoms with van der Waals surface area (Å²) >= 11 is 1.59. The third-order valence-corrected chi connectivity index (χ3v) is 6.07. The number of rotatable bonds is 6. The van der Waals surface area contributed by atoms with Gasteiger partial charge in [0.1, 0.15) is 17.5 Å². The molecule has 1 aliphatic heterocycles. The molecule has 3 heterocycles. The quantitative estimate of drug-likeness (QED) is 0.572. The normalized spacial score (nSPS) is 13.5. The number of aromatic nitrogens is 1. The van der Waals surface area contributed by atoms with Crippen LogP contribution in [0.3, 0.4) is 0 Å². The molecule has 0 amide bonds. The van der Waals surface area contributed by atoms with Gasteiger partial charge in [-0.1, -0.05) is 6.07 Å². The number of nitrogens with zero attached hydrogens (tertiary/aromatic N) is 3. The number of anilines is 1. The van der Waals surface area contributed by atoms with Crippen LogP contribution in [0.1, 0.15) is 5.56 Å². The van der Waals surface area contributed by atoms with Crippen molar-refractivity contribution in [3.63, 3.8) is 0 Å². The van der Waals surface area contributed by atoms with Crippen LogP contribution in [-0.2, 0) is 4.74 Å². The fourth-order valence-corrected chi connectivity index (χ4v) is 4.40. The largest absolute Gasteiger partial charge is 0.493 e. The third-order valence-electron chi connectivity index (χ3n) is 5.17. The van der Waals surface area contributed by atoms with Gasteiger partial charge < -0.3 is 23.8 Å². The highest BCUT2D eigenvalue weighted by molar-refractivity contribution is 7.13. The van der Waals surface area contributed by atoms with Gasteiger partial charge in [0.05, 0.1) is 40.2 Å². The van der Waals surface area contributed by atoms with Gasteiger partial charge >= 0.3 is 0 Å². The molecule has 31 heavy (non-hydrogen) atoms. The predicted molar refractivity (Wildman–Crippen MR) is 120 cm³/mol. The number of pyridine rings is 1. The first-order valence-electron chi connectivity index (χ1n) is 9.82. The van der Waals surface area contributed by atoms with Gasteiger partial charge in [-0.15, -0.1) is 11.3 Å². The molecule has 3 aromatic rings. The van der Waals surface area contributed by atoms with Crippen LogP contribution in [0, 0.1) is 11.3 Å². The lowest BCUT2D eigenvalue weighted by atomic mass is 10.0. The van der Waals surface area contributed by atoms with Crippen molar-refractivity contribution in [3.05, 3.63) is 41.3 Å². The van der Waals surface area contributed by atoms with Crippen LogP contribution in [0.4, 0.5) is 5.82 Å². The monoisotopic (exact) mass is 437 g/mol. The lowest BCUT2D eigenvalue weighted by molar-refractivity contribution is 0.122. The summed E-state index contributed by atoms with van der Waals surface area (Å²) in [5, 5.41) is 12.0. The molecule has 0 saturated carbocycles. The summed E-state index contributed by atoms with van der Waals surface area (Å²) in [5.74, 6) is 2.29. The Hall–Kier alpha value is -3.28. The molecule has 1 aliphatic rings. The summed E-state index contributed by atoms with van der Waals surface area (Å²) in [5.41, 5.74) is 2.97. The summed E-state index contributed by atoms with van der Waals surface area (Å²) in [6.07, 6.45) is 0. The maximum Gasteiger partial charge on any atom is 0.203 e. The Labute approximate surface area is 185 Å². The molecule has 0 aliphatic carbocycles. The Morgan fingerprint density at radius 3 is 2.32 bits per heavy atom. The Morgan fingerprint density at radius 1 is 1.06 bits per heavy atom. The third kappa shape index (κ3) is 4.02. The van der Waals surface area contributed by atoms with Crippen LogP contribution in [0.2, 0.25) is 0 Å². The number of ether oxygens (including phenoxy) is 4. The van der Waals surface area contributed by atoms with Gasteiger partial charge in [-0.05, 0) is 29.6 Å². The van der Waals surface area contributed by atoms with Crippen LogP contribution < -0.4 is 19.1 Å². The van der Waals surface area contributed by atoms with E-state index in [1.54, 1.807) is 32.7 Å². The predicted octanol–water partition coefficient (Wildman–Crippen LogP) is 4.21. The summed E-state index contributed by atoms with van der Waals surface area (Å²) in [4.78, 5) is 8.04. The van der Waals surface area contributed by atoms with E-state index >= 15 is 0 Å². The van der Waals surface area contributed by atoms with E-state index in [4.69, 9.17) is 23.9 Å². The summed E-state index contributed by atoms with van der Waals surface area (Å²) < 4.78 is 22.0. The maximum atomic E-state index is 10.0. The number of benzene rings is 1. The van der Waals surface area contributed by atoms with Crippen molar-refractivity contribution >= 4 is 17.2 Å². The van der Waals surface area contributed by atoms with Gasteiger partial charge in [0.2, 0.25) is 5.75 Å². The standard InChI is InChI=1S/C23H23N3O4S/c1-27-19-11-15(12-20(28-2)22(19)29-3)18-13-16(21-5-4-10-31-21)17(14-24)23(25-18)26-6-8-30-9-7-26/h4-5,10-13H,6-9H2,1-3H3. The second kappa shape index (κ2) is 9.25. The number of thiophene rings is 1. The smallest absolute Gasteiger partial charge is 0.203 e. The number of hydrogen-bond acceptors (Lipinski definition) is 8. The molecule has 8 heteroatoms. The zero-order valence-corrected chi connectivity index (χ0v) is 18.5. The van der Waals surface area contributed by atoms with Gasteiger partial charge in [0.25, 0.3) is 0 Å². The van der Waals surface area contributed by atoms with Crippen molar-refractivity contribution in [2.24, 2.45) is 0 Å². The highest BCUT2D eigenvalue weighted by atomic mass is 32.1. The van der Waals surface area contributed by atoms with E-state index < -0.39 is 0 Å². The van der Waals surface area contributed by atoms with Crippen LogP contribution >= 0.6 is 11.3 Å². The van der Waals surface area contributed by atoms with E-state index in [9.17, 15) is 5.26 Å². The fourth-order valence-electron chi connectivity index (χ4n) is 3.65. The first kappa shape index (κ1) is 21.0. The second-order valence-corrected chi connectivity index (χ2v) is 7.80. The number of methoxy groups -OCH3 is 3. The molecule has 4 rings (SSSR count). The van der Waals surface area contributed by atoms with E-state index in [0.717, 1.165) is 21.7 Å². The lowest BCUT2D eigenvalue weighted by Gasteiger charge is -2.29. The summed E-state index contributed by atoms with van der Waals surface area (Å²) in [6.45, 7) is 2.58. The highest BCUT2D eigenvalue weighted by Crippen LogP contribution is 2.43. The van der Waals surface area contributed by atoms with Gasteiger partial charge in [0, 0.05) is 29.1 Å². The minimum atomic E-state index is 0.522. The zero-order chi connectivity index (χ0) is 21.8. The second-order valence-electron chi connectivity index (χ2n) is 6.86. The molecule has 1 fully saturated rings. The van der Waals surface area contributed by atoms with Crippen molar-refractivity contribution in [1.29, 1.82) is 5.26 Å². The fraction of sp³-hybridized carbons (Fsp3) is 0.304. The molecule has 0 N–H and O–H groups in total. The molecule has 0 bridgehead atoms. The van der Waals surface area contributed by atoms with Crippen molar-refractivity contribution in [3.8, 4) is 45.0 Å². The summed E-state index contributed by atoms with van der Waals surface area (Å²) in [6, 6.07) is 12.1. The molecule has 0 atom stereocenters. The first-order chi connectivity index (χ1) is 15.2. The Bertz CT molecular complexity index is 1080. The van der Waals surface area contributed by atoms with Crippen LogP contribution in [-0.4, -0.2) is 52.6 Å². The molecule has 7 nitrogen and oxygen atoms in total. The van der Waals surface area contributed by atoms with Gasteiger partial charge in [-0.25, -0.2) is 4.98 Å². The Morgan fingerprint density at radius 2 is 1.77 bits per heavy atom. The molecule has 0 spiro atoms. The highest BCUT2D eigenvalue weighted by Gasteiger charge is 2.23. The average Bonchev–Trinajstić information content (AvgIpc) is 3.37. The van der Waals surface area contributed by atoms with Crippen molar-refractivity contribution in [2.45, 2.75) is 0 Å². The average molecular weight is 438 g/mol. The van der Waals surface area contributed by atoms with E-state index in [0.29, 0.717) is 54.9 Å².